The van der Waals surface area contributed by atoms with E-state index in [0.29, 0.717) is 34.1 Å². The number of fused-ring (bicyclic) bond motifs is 1. The van der Waals surface area contributed by atoms with Gasteiger partial charge in [0, 0.05) is 11.8 Å². The first kappa shape index (κ1) is 17.4. The van der Waals surface area contributed by atoms with Gasteiger partial charge >= 0.3 is 0 Å². The number of aryl methyl sites for hydroxylation is 1. The van der Waals surface area contributed by atoms with Crippen LogP contribution in [0.2, 0.25) is 0 Å². The average Bonchev–Trinajstić information content (AvgIpc) is 3.09. The molecule has 3 heterocycles. The fourth-order valence-electron chi connectivity index (χ4n) is 3.01. The van der Waals surface area contributed by atoms with Crippen LogP contribution in [0.1, 0.15) is 17.0 Å². The number of nitrogens with one attached hydrogen (secondary N) is 1. The maximum Gasteiger partial charge on any atom is 0.149 e. The Labute approximate surface area is 159 Å². The number of imidazole rings is 1. The minimum atomic E-state index is -0.320. The van der Waals surface area contributed by atoms with Gasteiger partial charge < -0.3 is 11.1 Å². The lowest BCUT2D eigenvalue weighted by atomic mass is 10.2. The number of pyridine rings is 1. The number of anilines is 2. The van der Waals surface area contributed by atoms with E-state index < -0.39 is 0 Å². The molecule has 0 bridgehead atoms. The summed E-state index contributed by atoms with van der Waals surface area (Å²) in [5.41, 5.74) is 7.65. The molecule has 0 spiro atoms. The minimum Gasteiger partial charge on any atom is -0.382 e. The minimum absolute atomic E-state index is 0.0937. The first-order chi connectivity index (χ1) is 13.6. The van der Waals surface area contributed by atoms with Gasteiger partial charge in [0.1, 0.15) is 47.1 Å². The topological polar surface area (TPSA) is 118 Å². The summed E-state index contributed by atoms with van der Waals surface area (Å²) in [6, 6.07) is 10.5. The molecule has 28 heavy (non-hydrogen) atoms. The van der Waals surface area contributed by atoms with Gasteiger partial charge in [-0.2, -0.15) is 5.26 Å². The SMILES string of the molecule is Cc1c(F)ccc2nc(CNc3ncnc(N)c3C#N)n(-c3ccccn3)c12. The van der Waals surface area contributed by atoms with Crippen LogP contribution in [0.15, 0.2) is 42.9 Å². The summed E-state index contributed by atoms with van der Waals surface area (Å²) in [7, 11) is 0. The lowest BCUT2D eigenvalue weighted by molar-refractivity contribution is 0.620. The van der Waals surface area contributed by atoms with Crippen LogP contribution in [0.3, 0.4) is 0 Å². The Morgan fingerprint density at radius 1 is 1.21 bits per heavy atom. The van der Waals surface area contributed by atoms with Gasteiger partial charge in [0.2, 0.25) is 0 Å². The van der Waals surface area contributed by atoms with E-state index in [2.05, 4.69) is 25.3 Å². The van der Waals surface area contributed by atoms with Crippen molar-refractivity contribution in [3.63, 3.8) is 0 Å². The summed E-state index contributed by atoms with van der Waals surface area (Å²) in [6.07, 6.45) is 2.94. The number of halogens is 1. The highest BCUT2D eigenvalue weighted by Gasteiger charge is 2.18. The van der Waals surface area contributed by atoms with Gasteiger partial charge in [-0.1, -0.05) is 6.07 Å². The molecule has 138 valence electrons. The van der Waals surface area contributed by atoms with E-state index in [1.165, 1.54) is 12.4 Å². The van der Waals surface area contributed by atoms with Crippen LogP contribution in [-0.4, -0.2) is 24.5 Å². The molecule has 9 heteroatoms. The van der Waals surface area contributed by atoms with Gasteiger partial charge in [0.25, 0.3) is 0 Å². The third kappa shape index (κ3) is 2.87. The molecule has 4 rings (SSSR count). The predicted octanol–water partition coefficient (Wildman–Crippen LogP) is 2.72. The van der Waals surface area contributed by atoms with Crippen LogP contribution < -0.4 is 11.1 Å². The van der Waals surface area contributed by atoms with Crippen LogP contribution in [-0.2, 0) is 6.54 Å². The van der Waals surface area contributed by atoms with Gasteiger partial charge in [0.05, 0.1) is 17.6 Å². The molecule has 4 aromatic rings. The molecule has 0 aliphatic heterocycles. The number of nitrogen functional groups attached to an aromatic ring is 1. The number of nitrogens with zero attached hydrogens (tertiary/aromatic N) is 6. The maximum atomic E-state index is 14.2. The van der Waals surface area contributed by atoms with Crippen LogP contribution in [0, 0.1) is 24.1 Å². The summed E-state index contributed by atoms with van der Waals surface area (Å²) in [5.74, 6) is 1.27. The monoisotopic (exact) mass is 374 g/mol. The van der Waals surface area contributed by atoms with E-state index >= 15 is 0 Å². The van der Waals surface area contributed by atoms with Gasteiger partial charge in [-0.15, -0.1) is 0 Å². The number of hydrogen-bond acceptors (Lipinski definition) is 7. The predicted molar refractivity (Wildman–Crippen MR) is 102 cm³/mol. The molecule has 0 unspecified atom stereocenters. The molecule has 0 amide bonds. The van der Waals surface area contributed by atoms with Crippen LogP contribution in [0.25, 0.3) is 16.9 Å². The van der Waals surface area contributed by atoms with Crippen molar-refractivity contribution >= 4 is 22.7 Å². The molecule has 0 aliphatic carbocycles. The average molecular weight is 374 g/mol. The molecule has 0 aliphatic rings. The van der Waals surface area contributed by atoms with E-state index in [0.717, 1.165) is 0 Å². The van der Waals surface area contributed by atoms with Gasteiger partial charge in [0.15, 0.2) is 0 Å². The number of rotatable bonds is 4. The normalized spacial score (nSPS) is 10.8. The van der Waals surface area contributed by atoms with Crippen molar-refractivity contribution in [2.45, 2.75) is 13.5 Å². The molecule has 0 fully saturated rings. The molecule has 0 saturated carbocycles. The van der Waals surface area contributed by atoms with Crippen molar-refractivity contribution in [1.82, 2.24) is 24.5 Å². The fraction of sp³-hybridized carbons (Fsp3) is 0.105. The molecule has 0 radical (unpaired) electrons. The Hall–Kier alpha value is -4.06. The van der Waals surface area contributed by atoms with Crippen molar-refractivity contribution in [2.75, 3.05) is 11.1 Å². The summed E-state index contributed by atoms with van der Waals surface area (Å²) < 4.78 is 16.0. The first-order valence-electron chi connectivity index (χ1n) is 8.42. The molecular weight excluding hydrogens is 359 g/mol. The molecule has 0 atom stereocenters. The van der Waals surface area contributed by atoms with E-state index in [4.69, 9.17) is 5.73 Å². The second-order valence-corrected chi connectivity index (χ2v) is 6.04. The number of nitrogens with two attached hydrogens (primary N) is 1. The summed E-state index contributed by atoms with van der Waals surface area (Å²) in [6.45, 7) is 1.92. The first-order valence-corrected chi connectivity index (χ1v) is 8.42. The highest BCUT2D eigenvalue weighted by atomic mass is 19.1. The summed E-state index contributed by atoms with van der Waals surface area (Å²) >= 11 is 0. The van der Waals surface area contributed by atoms with E-state index in [9.17, 15) is 9.65 Å². The zero-order chi connectivity index (χ0) is 19.7. The molecule has 3 N–H and O–H groups in total. The lowest BCUT2D eigenvalue weighted by Gasteiger charge is -2.11. The molecule has 3 aromatic heterocycles. The van der Waals surface area contributed by atoms with Crippen LogP contribution in [0.5, 0.6) is 0 Å². The van der Waals surface area contributed by atoms with Crippen molar-refractivity contribution in [2.24, 2.45) is 0 Å². The van der Waals surface area contributed by atoms with Crippen LogP contribution >= 0.6 is 0 Å². The highest BCUT2D eigenvalue weighted by molar-refractivity contribution is 5.81. The van der Waals surface area contributed by atoms with E-state index in [-0.39, 0.29) is 23.7 Å². The van der Waals surface area contributed by atoms with E-state index in [1.54, 1.807) is 29.8 Å². The van der Waals surface area contributed by atoms with E-state index in [1.807, 2.05) is 18.2 Å². The Bertz CT molecular complexity index is 1210. The number of aromatic nitrogens is 5. The Morgan fingerprint density at radius 3 is 2.82 bits per heavy atom. The fourth-order valence-corrected chi connectivity index (χ4v) is 3.01. The molecule has 1 aromatic carbocycles. The van der Waals surface area contributed by atoms with Crippen molar-refractivity contribution < 1.29 is 4.39 Å². The Balaban J connectivity index is 1.83. The Morgan fingerprint density at radius 2 is 2.07 bits per heavy atom. The van der Waals surface area contributed by atoms with Crippen molar-refractivity contribution in [1.29, 1.82) is 5.26 Å². The smallest absolute Gasteiger partial charge is 0.149 e. The quantitative estimate of drug-likeness (QED) is 0.564. The standard InChI is InChI=1S/C19H15FN8/c1-11-13(20)5-6-14-17(11)28(15-4-2-3-7-23-15)16(27-14)9-24-19-12(8-21)18(22)25-10-26-19/h2-7,10H,9H2,1H3,(H3,22,24,25,26). The van der Waals surface area contributed by atoms with Crippen LogP contribution in [0.4, 0.5) is 16.0 Å². The molecule has 0 saturated heterocycles. The zero-order valence-corrected chi connectivity index (χ0v) is 14.9. The largest absolute Gasteiger partial charge is 0.382 e. The third-order valence-electron chi connectivity index (χ3n) is 4.36. The lowest BCUT2D eigenvalue weighted by Crippen LogP contribution is -2.11. The van der Waals surface area contributed by atoms with Crippen molar-refractivity contribution in [3.05, 3.63) is 65.6 Å². The maximum absolute atomic E-state index is 14.2. The highest BCUT2D eigenvalue weighted by Crippen LogP contribution is 2.26. The number of benzene rings is 1. The second-order valence-electron chi connectivity index (χ2n) is 6.04. The molecule has 8 nitrogen and oxygen atoms in total. The van der Waals surface area contributed by atoms with Gasteiger partial charge in [-0.3, -0.25) is 4.57 Å². The van der Waals surface area contributed by atoms with Gasteiger partial charge in [-0.05, 0) is 31.2 Å². The third-order valence-corrected chi connectivity index (χ3v) is 4.36. The summed E-state index contributed by atoms with van der Waals surface area (Å²) in [5, 5.41) is 12.4. The Kier molecular flexibility index (Phi) is 4.29. The number of hydrogen-bond donors (Lipinski definition) is 2. The zero-order valence-electron chi connectivity index (χ0n) is 14.9. The molecular formula is C19H15FN8. The van der Waals surface area contributed by atoms with Gasteiger partial charge in [-0.25, -0.2) is 24.3 Å². The summed E-state index contributed by atoms with van der Waals surface area (Å²) in [4.78, 5) is 16.9. The number of nitriles is 1. The second kappa shape index (κ2) is 6.92. The van der Waals surface area contributed by atoms with Crippen molar-refractivity contribution in [3.8, 4) is 11.9 Å².